The van der Waals surface area contributed by atoms with Gasteiger partial charge in [-0.3, -0.25) is 4.90 Å². The Morgan fingerprint density at radius 1 is 1.08 bits per heavy atom. The summed E-state index contributed by atoms with van der Waals surface area (Å²) in [5, 5.41) is 5.99. The van der Waals surface area contributed by atoms with Crippen LogP contribution in [0.1, 0.15) is 32.1 Å². The number of urea groups is 1. The number of para-hydroxylation sites is 1. The van der Waals surface area contributed by atoms with E-state index in [1.807, 2.05) is 30.3 Å². The van der Waals surface area contributed by atoms with E-state index >= 15 is 0 Å². The highest BCUT2D eigenvalue weighted by Crippen LogP contribution is 2.36. The first kappa shape index (κ1) is 17.8. The van der Waals surface area contributed by atoms with Crippen LogP contribution in [0.15, 0.2) is 30.3 Å². The van der Waals surface area contributed by atoms with Crippen LogP contribution in [0.5, 0.6) is 0 Å². The summed E-state index contributed by atoms with van der Waals surface area (Å²) < 4.78 is 0. The Morgan fingerprint density at radius 2 is 1.88 bits per heavy atom. The molecule has 5 nitrogen and oxygen atoms in total. The number of carbonyl (C=O) groups excluding carboxylic acids is 1. The molecular formula is C21H32N4O. The second kappa shape index (κ2) is 8.40. The van der Waals surface area contributed by atoms with Crippen LogP contribution in [0, 0.1) is 11.8 Å². The number of nitrogens with zero attached hydrogens (tertiary/aromatic N) is 2. The molecule has 1 unspecified atom stereocenters. The molecule has 0 spiro atoms. The van der Waals surface area contributed by atoms with Crippen LogP contribution < -0.4 is 10.6 Å². The minimum absolute atomic E-state index is 0.0938. The molecule has 0 radical (unpaired) electrons. The summed E-state index contributed by atoms with van der Waals surface area (Å²) in [4.78, 5) is 17.5. The third-order valence-electron chi connectivity index (χ3n) is 6.49. The van der Waals surface area contributed by atoms with Crippen molar-refractivity contribution in [1.82, 2.24) is 15.1 Å². The van der Waals surface area contributed by atoms with Gasteiger partial charge in [0.15, 0.2) is 0 Å². The van der Waals surface area contributed by atoms with E-state index in [0.29, 0.717) is 6.04 Å². The highest BCUT2D eigenvalue weighted by molar-refractivity contribution is 5.89. The predicted octanol–water partition coefficient (Wildman–Crippen LogP) is 3.00. The number of rotatable bonds is 5. The van der Waals surface area contributed by atoms with Crippen molar-refractivity contribution in [2.45, 2.75) is 38.1 Å². The first-order valence-electron chi connectivity index (χ1n) is 10.3. The molecule has 5 heteroatoms. The normalized spacial score (nSPS) is 31.5. The maximum atomic E-state index is 12.1. The van der Waals surface area contributed by atoms with Crippen molar-refractivity contribution in [3.63, 3.8) is 0 Å². The molecule has 4 saturated heterocycles. The van der Waals surface area contributed by atoms with Crippen LogP contribution in [-0.2, 0) is 0 Å². The molecule has 4 atom stereocenters. The molecule has 142 valence electrons. The van der Waals surface area contributed by atoms with Crippen LogP contribution >= 0.6 is 0 Å². The zero-order valence-corrected chi connectivity index (χ0v) is 15.7. The van der Waals surface area contributed by atoms with Gasteiger partial charge in [-0.05, 0) is 69.3 Å². The monoisotopic (exact) mass is 356 g/mol. The van der Waals surface area contributed by atoms with Crippen molar-refractivity contribution in [3.05, 3.63) is 30.3 Å². The largest absolute Gasteiger partial charge is 0.336 e. The van der Waals surface area contributed by atoms with Gasteiger partial charge in [-0.15, -0.1) is 0 Å². The van der Waals surface area contributed by atoms with Crippen LogP contribution in [-0.4, -0.2) is 61.1 Å². The van der Waals surface area contributed by atoms with Crippen molar-refractivity contribution in [1.29, 1.82) is 0 Å². The molecule has 2 bridgehead atoms. The highest BCUT2D eigenvalue weighted by atomic mass is 16.2. The van der Waals surface area contributed by atoms with Crippen LogP contribution in [0.2, 0.25) is 0 Å². The van der Waals surface area contributed by atoms with Crippen molar-refractivity contribution in [3.8, 4) is 0 Å². The molecule has 5 rings (SSSR count). The predicted molar refractivity (Wildman–Crippen MR) is 105 cm³/mol. The average molecular weight is 357 g/mol. The number of fused-ring (bicyclic) bond motifs is 3. The molecule has 1 aromatic carbocycles. The number of hydrogen-bond donors (Lipinski definition) is 2. The van der Waals surface area contributed by atoms with E-state index in [1.54, 1.807) is 0 Å². The number of benzene rings is 1. The summed E-state index contributed by atoms with van der Waals surface area (Å²) >= 11 is 0. The summed E-state index contributed by atoms with van der Waals surface area (Å²) in [5.41, 5.74) is 0.845. The number of nitrogens with one attached hydrogen (secondary N) is 2. The molecular weight excluding hydrogens is 324 g/mol. The lowest BCUT2D eigenvalue weighted by atomic mass is 9.75. The molecule has 4 fully saturated rings. The van der Waals surface area contributed by atoms with Gasteiger partial charge in [0.2, 0.25) is 0 Å². The topological polar surface area (TPSA) is 47.6 Å². The molecule has 2 N–H and O–H groups in total. The number of piperidine rings is 4. The van der Waals surface area contributed by atoms with Gasteiger partial charge in [-0.2, -0.15) is 0 Å². The zero-order chi connectivity index (χ0) is 17.8. The Labute approximate surface area is 157 Å². The van der Waals surface area contributed by atoms with E-state index in [2.05, 4.69) is 20.4 Å². The summed E-state index contributed by atoms with van der Waals surface area (Å²) in [5.74, 6) is 1.67. The van der Waals surface area contributed by atoms with Crippen molar-refractivity contribution < 1.29 is 4.79 Å². The molecule has 4 aliphatic heterocycles. The maximum absolute atomic E-state index is 12.1. The van der Waals surface area contributed by atoms with E-state index in [4.69, 9.17) is 0 Å². The Balaban J connectivity index is 1.23. The van der Waals surface area contributed by atoms with Crippen molar-refractivity contribution in [2.75, 3.05) is 44.6 Å². The van der Waals surface area contributed by atoms with Crippen molar-refractivity contribution >= 4 is 11.7 Å². The Kier molecular flexibility index (Phi) is 5.75. The standard InChI is InChI=1S/C21H32N4O/c26-21(23-19-7-3-1-4-8-19)22-14-20-13-17-9-12-25(20)16-18(17)15-24-10-5-2-6-11-24/h1,3-4,7-8,17-18,20H,2,5-6,9-16H2,(H2,22,23,26)/t17-,18+,20+/m1/s1. The van der Waals surface area contributed by atoms with E-state index in [9.17, 15) is 4.79 Å². The first-order valence-corrected chi connectivity index (χ1v) is 10.3. The fraction of sp³-hybridized carbons (Fsp3) is 0.667. The Morgan fingerprint density at radius 3 is 2.62 bits per heavy atom. The molecule has 26 heavy (non-hydrogen) atoms. The van der Waals surface area contributed by atoms with Gasteiger partial charge in [0, 0.05) is 31.4 Å². The minimum atomic E-state index is -0.0938. The summed E-state index contributed by atoms with van der Waals surface area (Å²) in [6, 6.07) is 10.1. The molecule has 0 saturated carbocycles. The summed E-state index contributed by atoms with van der Waals surface area (Å²) in [6.07, 6.45) is 6.75. The highest BCUT2D eigenvalue weighted by Gasteiger charge is 2.40. The lowest BCUT2D eigenvalue weighted by Gasteiger charge is -2.51. The van der Waals surface area contributed by atoms with Crippen molar-refractivity contribution in [2.24, 2.45) is 11.8 Å². The molecule has 1 aromatic rings. The van der Waals surface area contributed by atoms with Gasteiger partial charge in [0.05, 0.1) is 0 Å². The molecule has 0 aliphatic carbocycles. The third kappa shape index (κ3) is 4.38. The van der Waals surface area contributed by atoms with Crippen LogP contribution in [0.25, 0.3) is 0 Å². The van der Waals surface area contributed by atoms with Gasteiger partial charge >= 0.3 is 6.03 Å². The van der Waals surface area contributed by atoms with E-state index in [-0.39, 0.29) is 6.03 Å². The SMILES string of the molecule is O=C(NC[C@@H]1C[C@H]2CCN1C[C@@H]2CN1CCCCC1)Nc1ccccc1. The van der Waals surface area contributed by atoms with Crippen LogP contribution in [0.3, 0.4) is 0 Å². The van der Waals surface area contributed by atoms with Crippen LogP contribution in [0.4, 0.5) is 10.5 Å². The number of hydrogen-bond acceptors (Lipinski definition) is 3. The quantitative estimate of drug-likeness (QED) is 0.853. The lowest BCUT2D eigenvalue weighted by molar-refractivity contribution is -0.0128. The molecule has 4 aliphatic rings. The second-order valence-corrected chi connectivity index (χ2v) is 8.26. The third-order valence-corrected chi connectivity index (χ3v) is 6.49. The van der Waals surface area contributed by atoms with Gasteiger partial charge in [-0.1, -0.05) is 24.6 Å². The maximum Gasteiger partial charge on any atom is 0.319 e. The Bertz CT molecular complexity index is 587. The fourth-order valence-electron chi connectivity index (χ4n) is 5.05. The van der Waals surface area contributed by atoms with E-state index < -0.39 is 0 Å². The average Bonchev–Trinajstić information content (AvgIpc) is 2.69. The number of amides is 2. The fourth-order valence-corrected chi connectivity index (χ4v) is 5.05. The van der Waals surface area contributed by atoms with E-state index in [1.165, 1.54) is 64.8 Å². The van der Waals surface area contributed by atoms with Gasteiger partial charge in [0.25, 0.3) is 0 Å². The number of carbonyl (C=O) groups is 1. The first-order chi connectivity index (χ1) is 12.8. The minimum Gasteiger partial charge on any atom is -0.336 e. The smallest absolute Gasteiger partial charge is 0.319 e. The molecule has 0 aromatic heterocycles. The second-order valence-electron chi connectivity index (χ2n) is 8.26. The number of likely N-dealkylation sites (tertiary alicyclic amines) is 1. The number of anilines is 1. The van der Waals surface area contributed by atoms with Gasteiger partial charge < -0.3 is 15.5 Å². The van der Waals surface area contributed by atoms with Gasteiger partial charge in [0.1, 0.15) is 0 Å². The van der Waals surface area contributed by atoms with E-state index in [0.717, 1.165) is 24.1 Å². The Hall–Kier alpha value is -1.59. The molecule has 2 amide bonds. The lowest BCUT2D eigenvalue weighted by Crippen LogP contribution is -2.58. The summed E-state index contributed by atoms with van der Waals surface area (Å²) in [7, 11) is 0. The molecule has 4 heterocycles. The summed E-state index contributed by atoms with van der Waals surface area (Å²) in [6.45, 7) is 7.06. The van der Waals surface area contributed by atoms with Gasteiger partial charge in [-0.25, -0.2) is 4.79 Å². The zero-order valence-electron chi connectivity index (χ0n) is 15.7.